The van der Waals surface area contributed by atoms with Crippen LogP contribution in [-0.2, 0) is 16.4 Å². The molecule has 4 nitrogen and oxygen atoms in total. The number of rotatable bonds is 3. The zero-order valence-corrected chi connectivity index (χ0v) is 12.4. The summed E-state index contributed by atoms with van der Waals surface area (Å²) in [5.41, 5.74) is 0.699. The number of aromatic nitrogens is 1. The molecule has 1 aromatic carbocycles. The standard InChI is InChI=1S/C13H16N2O2S2/c1-13(6-7-19(16,17)9-13)14-8-12-15-10-4-2-3-5-11(10)18-12/h2-5,14H,6-9H2,1H3. The zero-order valence-electron chi connectivity index (χ0n) is 10.7. The summed E-state index contributed by atoms with van der Waals surface area (Å²) >= 11 is 1.66. The summed E-state index contributed by atoms with van der Waals surface area (Å²) in [5.74, 6) is 0.515. The molecule has 1 aliphatic heterocycles. The van der Waals surface area contributed by atoms with Crippen LogP contribution in [0.25, 0.3) is 10.2 Å². The van der Waals surface area contributed by atoms with Crippen LogP contribution in [-0.4, -0.2) is 30.4 Å². The highest BCUT2D eigenvalue weighted by atomic mass is 32.2. The molecule has 1 atom stereocenters. The molecule has 0 aliphatic carbocycles. The van der Waals surface area contributed by atoms with Crippen LogP contribution in [0.3, 0.4) is 0 Å². The van der Waals surface area contributed by atoms with Gasteiger partial charge in [-0.25, -0.2) is 13.4 Å². The Labute approximate surface area is 116 Å². The zero-order chi connectivity index (χ0) is 13.5. The van der Waals surface area contributed by atoms with Crippen molar-refractivity contribution in [2.24, 2.45) is 0 Å². The molecule has 1 unspecified atom stereocenters. The van der Waals surface area contributed by atoms with Crippen molar-refractivity contribution in [2.75, 3.05) is 11.5 Å². The number of hydrogen-bond acceptors (Lipinski definition) is 5. The maximum atomic E-state index is 11.5. The number of nitrogens with zero attached hydrogens (tertiary/aromatic N) is 1. The summed E-state index contributed by atoms with van der Waals surface area (Å²) in [7, 11) is -2.86. The lowest BCUT2D eigenvalue weighted by Crippen LogP contribution is -2.42. The van der Waals surface area contributed by atoms with Gasteiger partial charge in [0.2, 0.25) is 0 Å². The number of thiazole rings is 1. The number of sulfone groups is 1. The Hall–Kier alpha value is -0.980. The summed E-state index contributed by atoms with van der Waals surface area (Å²) in [6.45, 7) is 2.61. The first-order valence-electron chi connectivity index (χ1n) is 6.26. The van der Waals surface area contributed by atoms with E-state index in [9.17, 15) is 8.42 Å². The first-order chi connectivity index (χ1) is 8.96. The molecule has 0 saturated carbocycles. The van der Waals surface area contributed by atoms with Crippen molar-refractivity contribution >= 4 is 31.4 Å². The average molecular weight is 296 g/mol. The van der Waals surface area contributed by atoms with Gasteiger partial charge in [-0.2, -0.15) is 0 Å². The molecule has 2 heterocycles. The van der Waals surface area contributed by atoms with Crippen molar-refractivity contribution in [3.8, 4) is 0 Å². The maximum absolute atomic E-state index is 11.5. The molecule has 1 aliphatic rings. The largest absolute Gasteiger partial charge is 0.304 e. The van der Waals surface area contributed by atoms with Gasteiger partial charge in [-0.1, -0.05) is 12.1 Å². The van der Waals surface area contributed by atoms with Crippen molar-refractivity contribution in [1.29, 1.82) is 0 Å². The minimum absolute atomic E-state index is 0.227. The van der Waals surface area contributed by atoms with Crippen molar-refractivity contribution in [3.05, 3.63) is 29.3 Å². The Morgan fingerprint density at radius 1 is 1.42 bits per heavy atom. The van der Waals surface area contributed by atoms with Gasteiger partial charge in [0.15, 0.2) is 9.84 Å². The van der Waals surface area contributed by atoms with Gasteiger partial charge in [0.1, 0.15) is 5.01 Å². The lowest BCUT2D eigenvalue weighted by atomic mass is 10.0. The van der Waals surface area contributed by atoms with Gasteiger partial charge in [0, 0.05) is 12.1 Å². The van der Waals surface area contributed by atoms with Crippen LogP contribution in [0.5, 0.6) is 0 Å². The Morgan fingerprint density at radius 2 is 2.21 bits per heavy atom. The molecular weight excluding hydrogens is 280 g/mol. The van der Waals surface area contributed by atoms with Crippen LogP contribution in [0.2, 0.25) is 0 Å². The number of fused-ring (bicyclic) bond motifs is 1. The van der Waals surface area contributed by atoms with E-state index in [0.717, 1.165) is 10.5 Å². The minimum atomic E-state index is -2.86. The van der Waals surface area contributed by atoms with Gasteiger partial charge >= 0.3 is 0 Å². The summed E-state index contributed by atoms with van der Waals surface area (Å²) in [6, 6.07) is 8.03. The van der Waals surface area contributed by atoms with E-state index in [2.05, 4.69) is 16.4 Å². The predicted molar refractivity (Wildman–Crippen MR) is 78.1 cm³/mol. The fraction of sp³-hybridized carbons (Fsp3) is 0.462. The Balaban J connectivity index is 1.72. The topological polar surface area (TPSA) is 59.1 Å². The monoisotopic (exact) mass is 296 g/mol. The van der Waals surface area contributed by atoms with Crippen LogP contribution < -0.4 is 5.32 Å². The highest BCUT2D eigenvalue weighted by molar-refractivity contribution is 7.91. The summed E-state index contributed by atoms with van der Waals surface area (Å²) in [5, 5.41) is 4.37. The summed E-state index contributed by atoms with van der Waals surface area (Å²) < 4.78 is 24.3. The van der Waals surface area contributed by atoms with Gasteiger partial charge in [-0.05, 0) is 25.5 Å². The number of para-hydroxylation sites is 1. The third-order valence-electron chi connectivity index (χ3n) is 3.51. The van der Waals surface area contributed by atoms with Crippen molar-refractivity contribution < 1.29 is 8.42 Å². The fourth-order valence-electron chi connectivity index (χ4n) is 2.43. The van der Waals surface area contributed by atoms with Crippen LogP contribution in [0.4, 0.5) is 0 Å². The third kappa shape index (κ3) is 2.80. The molecule has 19 heavy (non-hydrogen) atoms. The van der Waals surface area contributed by atoms with Gasteiger partial charge in [0.05, 0.1) is 21.7 Å². The Morgan fingerprint density at radius 3 is 2.89 bits per heavy atom. The third-order valence-corrected chi connectivity index (χ3v) is 6.45. The van der Waals surface area contributed by atoms with E-state index >= 15 is 0 Å². The highest BCUT2D eigenvalue weighted by Gasteiger charge is 2.37. The van der Waals surface area contributed by atoms with E-state index in [-0.39, 0.29) is 17.0 Å². The molecule has 0 bridgehead atoms. The molecule has 1 fully saturated rings. The fourth-order valence-corrected chi connectivity index (χ4v) is 5.46. The molecule has 2 aromatic rings. The quantitative estimate of drug-likeness (QED) is 0.940. The number of benzene rings is 1. The molecule has 1 saturated heterocycles. The summed E-state index contributed by atoms with van der Waals surface area (Å²) in [4.78, 5) is 4.55. The van der Waals surface area contributed by atoms with Gasteiger partial charge in [0.25, 0.3) is 0 Å². The van der Waals surface area contributed by atoms with E-state index in [0.29, 0.717) is 13.0 Å². The second-order valence-corrected chi connectivity index (χ2v) is 8.63. The van der Waals surface area contributed by atoms with E-state index in [1.54, 1.807) is 11.3 Å². The predicted octanol–water partition coefficient (Wildman–Crippen LogP) is 1.96. The number of hydrogen-bond donors (Lipinski definition) is 1. The molecule has 0 radical (unpaired) electrons. The lowest BCUT2D eigenvalue weighted by Gasteiger charge is -2.23. The Kier molecular flexibility index (Phi) is 3.11. The van der Waals surface area contributed by atoms with E-state index in [1.807, 2.05) is 25.1 Å². The molecule has 0 spiro atoms. The van der Waals surface area contributed by atoms with E-state index in [1.165, 1.54) is 4.70 Å². The molecule has 1 N–H and O–H groups in total. The maximum Gasteiger partial charge on any atom is 0.152 e. The Bertz CT molecular complexity index is 675. The second kappa shape index (κ2) is 4.54. The smallest absolute Gasteiger partial charge is 0.152 e. The molecule has 6 heteroatoms. The summed E-state index contributed by atoms with van der Waals surface area (Å²) in [6.07, 6.45) is 0.681. The van der Waals surface area contributed by atoms with E-state index in [4.69, 9.17) is 0 Å². The normalized spacial score (nSPS) is 25.9. The van der Waals surface area contributed by atoms with Crippen LogP contribution in [0.15, 0.2) is 24.3 Å². The first-order valence-corrected chi connectivity index (χ1v) is 8.90. The number of nitrogens with one attached hydrogen (secondary N) is 1. The lowest BCUT2D eigenvalue weighted by molar-refractivity contribution is 0.395. The van der Waals surface area contributed by atoms with Crippen LogP contribution >= 0.6 is 11.3 Å². The molecule has 0 amide bonds. The van der Waals surface area contributed by atoms with Gasteiger partial charge < -0.3 is 5.32 Å². The molecule has 3 rings (SSSR count). The second-order valence-electron chi connectivity index (χ2n) is 5.33. The van der Waals surface area contributed by atoms with Crippen LogP contribution in [0.1, 0.15) is 18.4 Å². The van der Waals surface area contributed by atoms with Crippen molar-refractivity contribution in [3.63, 3.8) is 0 Å². The highest BCUT2D eigenvalue weighted by Crippen LogP contribution is 2.25. The first kappa shape index (κ1) is 13.0. The van der Waals surface area contributed by atoms with Gasteiger partial charge in [-0.15, -0.1) is 11.3 Å². The van der Waals surface area contributed by atoms with E-state index < -0.39 is 9.84 Å². The minimum Gasteiger partial charge on any atom is -0.304 e. The van der Waals surface area contributed by atoms with Gasteiger partial charge in [-0.3, -0.25) is 0 Å². The SMILES string of the molecule is CC1(NCc2nc3ccccc3s2)CCS(=O)(=O)C1. The van der Waals surface area contributed by atoms with Crippen molar-refractivity contribution in [2.45, 2.75) is 25.4 Å². The van der Waals surface area contributed by atoms with Crippen LogP contribution in [0, 0.1) is 0 Å². The molecule has 1 aromatic heterocycles. The molecular formula is C13H16N2O2S2. The molecule has 102 valence electrons. The average Bonchev–Trinajstić information content (AvgIpc) is 2.88. The van der Waals surface area contributed by atoms with Crippen molar-refractivity contribution in [1.82, 2.24) is 10.3 Å².